The van der Waals surface area contributed by atoms with Gasteiger partial charge in [-0.05, 0) is 50.2 Å². The third-order valence-corrected chi connectivity index (χ3v) is 5.54. The molecule has 0 aliphatic carbocycles. The lowest BCUT2D eigenvalue weighted by Crippen LogP contribution is -2.07. The number of ether oxygens (including phenoxy) is 1. The van der Waals surface area contributed by atoms with E-state index in [1.807, 2.05) is 6.92 Å². The quantitative estimate of drug-likeness (QED) is 0.330. The van der Waals surface area contributed by atoms with Crippen molar-refractivity contribution in [3.05, 3.63) is 70.5 Å². The van der Waals surface area contributed by atoms with Crippen LogP contribution in [0.5, 0.6) is 11.5 Å². The van der Waals surface area contributed by atoms with Gasteiger partial charge in [-0.1, -0.05) is 11.6 Å². The number of pyridine rings is 1. The van der Waals surface area contributed by atoms with Gasteiger partial charge in [0, 0.05) is 37.0 Å². The fourth-order valence-corrected chi connectivity index (χ4v) is 3.87. The van der Waals surface area contributed by atoms with Gasteiger partial charge in [0.25, 0.3) is 0 Å². The number of fused-ring (bicyclic) bond motifs is 1. The van der Waals surface area contributed by atoms with Gasteiger partial charge in [-0.3, -0.25) is 9.78 Å². The molecule has 1 N–H and O–H groups in total. The highest BCUT2D eigenvalue weighted by atomic mass is 35.5. The van der Waals surface area contributed by atoms with E-state index in [4.69, 9.17) is 16.3 Å². The fraction of sp³-hybridized carbons (Fsp3) is 0.208. The van der Waals surface area contributed by atoms with Crippen LogP contribution >= 0.6 is 11.6 Å². The van der Waals surface area contributed by atoms with Crippen molar-refractivity contribution in [2.75, 3.05) is 5.32 Å². The first kappa shape index (κ1) is 23.6. The molecule has 0 bridgehead atoms. The molecule has 0 radical (unpaired) electrons. The molecule has 4 aromatic rings. The van der Waals surface area contributed by atoms with E-state index in [0.717, 1.165) is 17.1 Å². The number of carbonyl (C=O) groups is 1. The Morgan fingerprint density at radius 2 is 1.94 bits per heavy atom. The van der Waals surface area contributed by atoms with Gasteiger partial charge in [0.15, 0.2) is 0 Å². The molecule has 0 atom stereocenters. The number of Topliss-reactive ketones (excluding diaryl/α,β-unsaturated/α-hetero) is 1. The van der Waals surface area contributed by atoms with E-state index < -0.39 is 11.7 Å². The number of nitrogens with one attached hydrogen (secondary N) is 1. The van der Waals surface area contributed by atoms with Crippen LogP contribution in [0.1, 0.15) is 23.7 Å². The Kier molecular flexibility index (Phi) is 6.22. The number of anilines is 2. The van der Waals surface area contributed by atoms with E-state index in [1.54, 1.807) is 42.1 Å². The van der Waals surface area contributed by atoms with Crippen molar-refractivity contribution in [3.8, 4) is 11.5 Å². The van der Waals surface area contributed by atoms with Crippen molar-refractivity contribution in [1.29, 1.82) is 0 Å². The van der Waals surface area contributed by atoms with E-state index in [1.165, 1.54) is 19.1 Å². The van der Waals surface area contributed by atoms with Crippen LogP contribution in [0.4, 0.5) is 24.8 Å². The number of carbonyl (C=O) groups excluding carboxylic acids is 1. The Morgan fingerprint density at radius 1 is 1.18 bits per heavy atom. The van der Waals surface area contributed by atoms with Gasteiger partial charge in [-0.25, -0.2) is 4.98 Å². The maximum absolute atomic E-state index is 13.2. The monoisotopic (exact) mass is 488 g/mol. The molecule has 0 saturated heterocycles. The van der Waals surface area contributed by atoms with Crippen LogP contribution < -0.4 is 10.1 Å². The average molecular weight is 489 g/mol. The fourth-order valence-electron chi connectivity index (χ4n) is 3.65. The van der Waals surface area contributed by atoms with Gasteiger partial charge >= 0.3 is 6.18 Å². The second-order valence-corrected chi connectivity index (χ2v) is 8.24. The maximum Gasteiger partial charge on any atom is 0.417 e. The van der Waals surface area contributed by atoms with Crippen LogP contribution in [0.3, 0.4) is 0 Å². The summed E-state index contributed by atoms with van der Waals surface area (Å²) in [5.41, 5.74) is 2.08. The van der Waals surface area contributed by atoms with Crippen LogP contribution in [0, 0.1) is 6.92 Å². The van der Waals surface area contributed by atoms with Crippen molar-refractivity contribution in [3.63, 3.8) is 0 Å². The zero-order valence-electron chi connectivity index (χ0n) is 18.5. The number of ketones is 1. The normalized spacial score (nSPS) is 11.6. The van der Waals surface area contributed by atoms with Crippen LogP contribution in [0.2, 0.25) is 5.02 Å². The third kappa shape index (κ3) is 4.84. The van der Waals surface area contributed by atoms with Crippen molar-refractivity contribution in [2.24, 2.45) is 7.05 Å². The molecule has 34 heavy (non-hydrogen) atoms. The van der Waals surface area contributed by atoms with Crippen LogP contribution in [0.15, 0.2) is 48.7 Å². The van der Waals surface area contributed by atoms with Crippen LogP contribution in [0.25, 0.3) is 11.0 Å². The number of benzene rings is 2. The molecule has 0 aliphatic heterocycles. The Hall–Kier alpha value is -3.59. The number of hydrogen-bond donors (Lipinski definition) is 1. The van der Waals surface area contributed by atoms with Crippen molar-refractivity contribution >= 4 is 40.1 Å². The lowest BCUT2D eigenvalue weighted by atomic mass is 10.2. The molecule has 0 fully saturated rings. The summed E-state index contributed by atoms with van der Waals surface area (Å²) in [6, 6.07) is 10.5. The first-order valence-electron chi connectivity index (χ1n) is 10.2. The molecule has 176 valence electrons. The summed E-state index contributed by atoms with van der Waals surface area (Å²) >= 11 is 5.72. The predicted molar refractivity (Wildman–Crippen MR) is 124 cm³/mol. The van der Waals surface area contributed by atoms with E-state index in [0.29, 0.717) is 28.7 Å². The molecule has 6 nitrogen and oxygen atoms in total. The Bertz CT molecular complexity index is 1400. The van der Waals surface area contributed by atoms with Crippen molar-refractivity contribution < 1.29 is 22.7 Å². The van der Waals surface area contributed by atoms with Gasteiger partial charge in [-0.15, -0.1) is 0 Å². The second-order valence-electron chi connectivity index (χ2n) is 7.83. The molecular weight excluding hydrogens is 469 g/mol. The summed E-state index contributed by atoms with van der Waals surface area (Å²) in [5, 5.41) is 2.56. The van der Waals surface area contributed by atoms with E-state index in [2.05, 4.69) is 15.3 Å². The number of rotatable bonds is 6. The summed E-state index contributed by atoms with van der Waals surface area (Å²) < 4.78 is 47.4. The molecule has 2 aromatic heterocycles. The van der Waals surface area contributed by atoms with Gasteiger partial charge in [0.1, 0.15) is 17.3 Å². The van der Waals surface area contributed by atoms with Gasteiger partial charge in [0.05, 0.1) is 27.3 Å². The first-order chi connectivity index (χ1) is 16.0. The Balaban J connectivity index is 1.65. The first-order valence-corrected chi connectivity index (χ1v) is 10.6. The molecule has 4 rings (SSSR count). The minimum absolute atomic E-state index is 0.000191. The molecule has 0 saturated carbocycles. The van der Waals surface area contributed by atoms with Gasteiger partial charge in [0.2, 0.25) is 5.95 Å². The zero-order chi connectivity index (χ0) is 24.6. The number of halogens is 4. The lowest BCUT2D eigenvalue weighted by Gasteiger charge is -2.13. The highest BCUT2D eigenvalue weighted by molar-refractivity contribution is 6.31. The molecule has 10 heteroatoms. The molecule has 2 aromatic carbocycles. The summed E-state index contributed by atoms with van der Waals surface area (Å²) in [4.78, 5) is 20.1. The summed E-state index contributed by atoms with van der Waals surface area (Å²) in [6.07, 6.45) is -2.77. The number of nitrogens with zero attached hydrogens (tertiary/aromatic N) is 3. The molecular formula is C24H20ClF3N4O2. The van der Waals surface area contributed by atoms with Crippen LogP contribution in [-0.2, 0) is 24.4 Å². The van der Waals surface area contributed by atoms with E-state index >= 15 is 0 Å². The largest absolute Gasteiger partial charge is 0.457 e. The molecule has 2 heterocycles. The molecule has 0 spiro atoms. The summed E-state index contributed by atoms with van der Waals surface area (Å²) in [7, 11) is 1.76. The SMILES string of the molecule is CC(=O)Cc1cc(Oc2ccc3nc(Nc4ccc(Cl)c(C(F)(F)F)c4)n(C)c3c2C)ccn1. The predicted octanol–water partition coefficient (Wildman–Crippen LogP) is 6.62. The topological polar surface area (TPSA) is 69.0 Å². The number of alkyl halides is 3. The highest BCUT2D eigenvalue weighted by Crippen LogP contribution is 2.37. The average Bonchev–Trinajstić information content (AvgIpc) is 3.06. The van der Waals surface area contributed by atoms with E-state index in [-0.39, 0.29) is 22.9 Å². The third-order valence-electron chi connectivity index (χ3n) is 5.21. The standard InChI is InChI=1S/C24H20ClF3N4O2/c1-13(33)10-16-11-17(8-9-29-16)34-21-7-6-20-22(14(21)2)32(3)23(31-20)30-15-4-5-19(25)18(12-15)24(26,27)28/h4-9,11-12H,10H2,1-3H3,(H,30,31). The smallest absolute Gasteiger partial charge is 0.417 e. The van der Waals surface area contributed by atoms with Crippen LogP contribution in [-0.4, -0.2) is 20.3 Å². The number of aromatic nitrogens is 3. The second kappa shape index (κ2) is 8.98. The molecule has 0 amide bonds. The minimum Gasteiger partial charge on any atom is -0.457 e. The Labute approximate surface area is 198 Å². The molecule has 0 unspecified atom stereocenters. The Morgan fingerprint density at radius 3 is 2.65 bits per heavy atom. The lowest BCUT2D eigenvalue weighted by molar-refractivity contribution is -0.137. The number of hydrogen-bond acceptors (Lipinski definition) is 5. The zero-order valence-corrected chi connectivity index (χ0v) is 19.3. The maximum atomic E-state index is 13.2. The summed E-state index contributed by atoms with van der Waals surface area (Å²) in [6.45, 7) is 3.36. The highest BCUT2D eigenvalue weighted by Gasteiger charge is 2.33. The number of aryl methyl sites for hydroxylation is 2. The van der Waals surface area contributed by atoms with Gasteiger partial charge < -0.3 is 14.6 Å². The molecule has 0 aliphatic rings. The number of imidazole rings is 1. The minimum atomic E-state index is -4.57. The van der Waals surface area contributed by atoms with Gasteiger partial charge in [-0.2, -0.15) is 13.2 Å². The van der Waals surface area contributed by atoms with Crippen molar-refractivity contribution in [1.82, 2.24) is 14.5 Å². The van der Waals surface area contributed by atoms with E-state index in [9.17, 15) is 18.0 Å². The summed E-state index contributed by atoms with van der Waals surface area (Å²) in [5.74, 6) is 1.47. The van der Waals surface area contributed by atoms with Crippen molar-refractivity contribution in [2.45, 2.75) is 26.4 Å².